The third-order valence-corrected chi connectivity index (χ3v) is 3.66. The maximum absolute atomic E-state index is 13.2. The van der Waals surface area contributed by atoms with Crippen molar-refractivity contribution in [3.05, 3.63) is 41.4 Å². The number of amides is 1. The van der Waals surface area contributed by atoms with Crippen molar-refractivity contribution in [1.82, 2.24) is 5.32 Å². The molecule has 1 fully saturated rings. The molecule has 1 aliphatic rings. The number of furan rings is 1. The van der Waals surface area contributed by atoms with Gasteiger partial charge in [0.15, 0.2) is 0 Å². The van der Waals surface area contributed by atoms with Gasteiger partial charge in [-0.3, -0.25) is 4.79 Å². The Kier molecular flexibility index (Phi) is 4.40. The Balaban J connectivity index is 1.73. The average molecular weight is 314 g/mol. The van der Waals surface area contributed by atoms with Crippen LogP contribution in [0.25, 0.3) is 17.0 Å². The minimum absolute atomic E-state index is 0.00747. The molecule has 0 spiro atoms. The highest BCUT2D eigenvalue weighted by Crippen LogP contribution is 2.22. The van der Waals surface area contributed by atoms with Crippen molar-refractivity contribution in [1.29, 1.82) is 5.26 Å². The number of hydrogen-bond acceptors (Lipinski definition) is 4. The molecule has 0 saturated carbocycles. The van der Waals surface area contributed by atoms with E-state index < -0.39 is 5.91 Å². The van der Waals surface area contributed by atoms with E-state index in [-0.39, 0.29) is 17.5 Å². The number of nitrogens with one attached hydrogen (secondary N) is 1. The topological polar surface area (TPSA) is 75.3 Å². The van der Waals surface area contributed by atoms with Gasteiger partial charge in [-0.25, -0.2) is 4.39 Å². The molecule has 5 nitrogen and oxygen atoms in total. The third-order valence-electron chi connectivity index (χ3n) is 3.66. The predicted octanol–water partition coefficient (Wildman–Crippen LogP) is 2.77. The fourth-order valence-corrected chi connectivity index (χ4v) is 2.50. The highest BCUT2D eigenvalue weighted by Gasteiger charge is 2.18. The highest BCUT2D eigenvalue weighted by atomic mass is 19.1. The van der Waals surface area contributed by atoms with E-state index in [0.717, 1.165) is 12.8 Å². The molecule has 0 bridgehead atoms. The second-order valence-corrected chi connectivity index (χ2v) is 5.35. The van der Waals surface area contributed by atoms with Crippen LogP contribution in [0.2, 0.25) is 0 Å². The number of hydrogen-bond donors (Lipinski definition) is 1. The first-order chi connectivity index (χ1) is 11.2. The molecule has 0 radical (unpaired) electrons. The van der Waals surface area contributed by atoms with Gasteiger partial charge in [-0.05, 0) is 37.1 Å². The van der Waals surface area contributed by atoms with E-state index in [9.17, 15) is 9.18 Å². The summed E-state index contributed by atoms with van der Waals surface area (Å²) in [6, 6.07) is 7.57. The molecule has 23 heavy (non-hydrogen) atoms. The number of benzene rings is 1. The van der Waals surface area contributed by atoms with Gasteiger partial charge in [-0.1, -0.05) is 0 Å². The highest BCUT2D eigenvalue weighted by molar-refractivity contribution is 6.01. The lowest BCUT2D eigenvalue weighted by Crippen LogP contribution is -2.32. The van der Waals surface area contributed by atoms with Crippen molar-refractivity contribution in [2.24, 2.45) is 0 Å². The zero-order valence-corrected chi connectivity index (χ0v) is 12.3. The first-order valence-corrected chi connectivity index (χ1v) is 7.36. The van der Waals surface area contributed by atoms with Crippen LogP contribution >= 0.6 is 0 Å². The SMILES string of the molecule is N#C/C(=C\c1cc2cc(F)ccc2o1)C(=O)NCC1CCCO1. The van der Waals surface area contributed by atoms with Crippen molar-refractivity contribution in [3.63, 3.8) is 0 Å². The van der Waals surface area contributed by atoms with Crippen LogP contribution in [0.4, 0.5) is 4.39 Å². The van der Waals surface area contributed by atoms with Gasteiger partial charge in [0.2, 0.25) is 0 Å². The largest absolute Gasteiger partial charge is 0.457 e. The molecular formula is C17H15FN2O3. The summed E-state index contributed by atoms with van der Waals surface area (Å²) in [5.74, 6) is -0.521. The Morgan fingerprint density at radius 2 is 2.35 bits per heavy atom. The minimum Gasteiger partial charge on any atom is -0.457 e. The van der Waals surface area contributed by atoms with Crippen LogP contribution in [-0.4, -0.2) is 25.2 Å². The number of fused-ring (bicyclic) bond motifs is 1. The molecule has 1 saturated heterocycles. The smallest absolute Gasteiger partial charge is 0.262 e. The lowest BCUT2D eigenvalue weighted by molar-refractivity contribution is -0.117. The maximum Gasteiger partial charge on any atom is 0.262 e. The fraction of sp³-hybridized carbons (Fsp3) is 0.294. The molecule has 2 heterocycles. The van der Waals surface area contributed by atoms with E-state index in [1.807, 2.05) is 6.07 Å². The lowest BCUT2D eigenvalue weighted by atomic mass is 10.2. The summed E-state index contributed by atoms with van der Waals surface area (Å²) in [5, 5.41) is 12.4. The Morgan fingerprint density at radius 3 is 3.09 bits per heavy atom. The average Bonchev–Trinajstić information content (AvgIpc) is 3.18. The second-order valence-electron chi connectivity index (χ2n) is 5.35. The number of halogens is 1. The lowest BCUT2D eigenvalue weighted by Gasteiger charge is -2.09. The molecule has 3 rings (SSSR count). The molecule has 1 aliphatic heterocycles. The quantitative estimate of drug-likeness (QED) is 0.695. The van der Waals surface area contributed by atoms with Crippen LogP contribution in [0.1, 0.15) is 18.6 Å². The summed E-state index contributed by atoms with van der Waals surface area (Å²) in [7, 11) is 0. The summed E-state index contributed by atoms with van der Waals surface area (Å²) in [6.07, 6.45) is 3.24. The summed E-state index contributed by atoms with van der Waals surface area (Å²) < 4.78 is 24.1. The van der Waals surface area contributed by atoms with Gasteiger partial charge in [0.05, 0.1) is 6.10 Å². The molecule has 6 heteroatoms. The normalized spacial score (nSPS) is 18.1. The van der Waals surface area contributed by atoms with Gasteiger partial charge in [-0.2, -0.15) is 5.26 Å². The molecule has 1 unspecified atom stereocenters. The third kappa shape index (κ3) is 3.58. The second kappa shape index (κ2) is 6.63. The maximum atomic E-state index is 13.2. The standard InChI is InChI=1S/C17H15FN2O3/c18-13-3-4-16-11(6-13)7-15(23-16)8-12(9-19)17(21)20-10-14-2-1-5-22-14/h3-4,6-8,14H,1-2,5,10H2,(H,20,21)/b12-8+. The molecule has 2 aromatic rings. The number of nitrogens with zero attached hydrogens (tertiary/aromatic N) is 1. The summed E-state index contributed by atoms with van der Waals surface area (Å²) in [5.41, 5.74) is 0.428. The Labute approximate surface area is 132 Å². The number of carbonyl (C=O) groups is 1. The van der Waals surface area contributed by atoms with Gasteiger partial charge in [-0.15, -0.1) is 0 Å². The molecule has 1 aromatic heterocycles. The van der Waals surface area contributed by atoms with E-state index in [1.54, 1.807) is 6.07 Å². The fourth-order valence-electron chi connectivity index (χ4n) is 2.50. The van der Waals surface area contributed by atoms with Crippen molar-refractivity contribution in [2.75, 3.05) is 13.2 Å². The first-order valence-electron chi connectivity index (χ1n) is 7.36. The van der Waals surface area contributed by atoms with E-state index in [4.69, 9.17) is 14.4 Å². The van der Waals surface area contributed by atoms with E-state index in [1.165, 1.54) is 24.3 Å². The van der Waals surface area contributed by atoms with Crippen LogP contribution in [-0.2, 0) is 9.53 Å². The molecule has 0 aliphatic carbocycles. The number of ether oxygens (including phenoxy) is 1. The van der Waals surface area contributed by atoms with Gasteiger partial charge in [0.25, 0.3) is 5.91 Å². The van der Waals surface area contributed by atoms with Crippen molar-refractivity contribution in [3.8, 4) is 6.07 Å². The van der Waals surface area contributed by atoms with E-state index in [2.05, 4.69) is 5.32 Å². The van der Waals surface area contributed by atoms with Crippen LogP contribution < -0.4 is 5.32 Å². The van der Waals surface area contributed by atoms with Crippen molar-refractivity contribution in [2.45, 2.75) is 18.9 Å². The van der Waals surface area contributed by atoms with Gasteiger partial charge in [0.1, 0.15) is 28.8 Å². The molecule has 1 atom stereocenters. The van der Waals surface area contributed by atoms with Crippen LogP contribution in [0.3, 0.4) is 0 Å². The summed E-state index contributed by atoms with van der Waals surface area (Å²) >= 11 is 0. The molecule has 1 N–H and O–H groups in total. The van der Waals surface area contributed by atoms with E-state index >= 15 is 0 Å². The molecule has 1 amide bonds. The van der Waals surface area contributed by atoms with Crippen LogP contribution in [0.15, 0.2) is 34.3 Å². The van der Waals surface area contributed by atoms with Gasteiger partial charge >= 0.3 is 0 Å². The molecule has 118 valence electrons. The van der Waals surface area contributed by atoms with Crippen molar-refractivity contribution >= 4 is 23.0 Å². The number of carbonyl (C=O) groups excluding carboxylic acids is 1. The Morgan fingerprint density at radius 1 is 1.48 bits per heavy atom. The van der Waals surface area contributed by atoms with Crippen molar-refractivity contribution < 1.29 is 18.3 Å². The summed E-state index contributed by atoms with van der Waals surface area (Å²) in [4.78, 5) is 12.0. The first kappa shape index (κ1) is 15.3. The van der Waals surface area contributed by atoms with Crippen LogP contribution in [0, 0.1) is 17.1 Å². The zero-order valence-electron chi connectivity index (χ0n) is 12.3. The molecular weight excluding hydrogens is 299 g/mol. The van der Waals surface area contributed by atoms with E-state index in [0.29, 0.717) is 29.9 Å². The minimum atomic E-state index is -0.477. The number of rotatable bonds is 4. The van der Waals surface area contributed by atoms with Gasteiger partial charge < -0.3 is 14.5 Å². The molecule has 1 aromatic carbocycles. The Hall–Kier alpha value is -2.65. The van der Waals surface area contributed by atoms with Crippen LogP contribution in [0.5, 0.6) is 0 Å². The number of nitriles is 1. The Bertz CT molecular complexity index is 798. The monoisotopic (exact) mass is 314 g/mol. The summed E-state index contributed by atoms with van der Waals surface area (Å²) in [6.45, 7) is 1.08. The van der Waals surface area contributed by atoms with Gasteiger partial charge in [0, 0.05) is 24.6 Å². The predicted molar refractivity (Wildman–Crippen MR) is 81.7 cm³/mol. The zero-order chi connectivity index (χ0) is 16.2.